The second-order valence-corrected chi connectivity index (χ2v) is 6.16. The van der Waals surface area contributed by atoms with E-state index < -0.39 is 17.8 Å². The maximum absolute atomic E-state index is 12.6. The summed E-state index contributed by atoms with van der Waals surface area (Å²) in [6.45, 7) is 5.26. The van der Waals surface area contributed by atoms with Gasteiger partial charge in [0.2, 0.25) is 5.91 Å². The fourth-order valence-electron chi connectivity index (χ4n) is 2.82. The van der Waals surface area contributed by atoms with Gasteiger partial charge in [0.15, 0.2) is 0 Å². The molecule has 0 unspecified atom stereocenters. The lowest BCUT2D eigenvalue weighted by Crippen LogP contribution is -2.44. The van der Waals surface area contributed by atoms with Crippen LogP contribution >= 0.6 is 0 Å². The summed E-state index contributed by atoms with van der Waals surface area (Å²) in [5, 5.41) is 0. The molecule has 1 aromatic rings. The van der Waals surface area contributed by atoms with Crippen molar-refractivity contribution in [1.82, 2.24) is 9.80 Å². The fourth-order valence-corrected chi connectivity index (χ4v) is 2.82. The Labute approximate surface area is 140 Å². The average Bonchev–Trinajstić information content (AvgIpc) is 2.78. The van der Waals surface area contributed by atoms with E-state index in [1.54, 1.807) is 4.90 Å². The van der Waals surface area contributed by atoms with Crippen molar-refractivity contribution in [2.24, 2.45) is 5.73 Å². The lowest BCUT2D eigenvalue weighted by molar-refractivity contribution is -0.137. The van der Waals surface area contributed by atoms with E-state index in [9.17, 15) is 18.0 Å². The van der Waals surface area contributed by atoms with Gasteiger partial charge in [0.1, 0.15) is 0 Å². The Balaban J connectivity index is 1.91. The predicted octanol–water partition coefficient (Wildman–Crippen LogP) is 2.48. The van der Waals surface area contributed by atoms with E-state index in [0.29, 0.717) is 32.6 Å². The van der Waals surface area contributed by atoms with E-state index in [-0.39, 0.29) is 5.91 Å². The predicted molar refractivity (Wildman–Crippen MR) is 86.2 cm³/mol. The highest BCUT2D eigenvalue weighted by Crippen LogP contribution is 2.29. The molecule has 0 spiro atoms. The van der Waals surface area contributed by atoms with Crippen LogP contribution in [0.4, 0.5) is 13.2 Å². The summed E-state index contributed by atoms with van der Waals surface area (Å²) >= 11 is 0. The third-order valence-corrected chi connectivity index (χ3v) is 4.34. The molecule has 1 heterocycles. The van der Waals surface area contributed by atoms with Gasteiger partial charge in [-0.15, -0.1) is 0 Å². The molecule has 0 saturated carbocycles. The number of benzene rings is 1. The SMILES string of the molecule is CC[C@@H](N)C(=O)N1CCCN(Cc2ccc(C(F)(F)F)cc2)CC1. The molecule has 4 nitrogen and oxygen atoms in total. The van der Waals surface area contributed by atoms with Crippen molar-refractivity contribution < 1.29 is 18.0 Å². The number of hydrogen-bond acceptors (Lipinski definition) is 3. The molecule has 0 radical (unpaired) electrons. The number of nitrogens with two attached hydrogens (primary N) is 1. The second kappa shape index (κ2) is 7.98. The molecule has 2 rings (SSSR count). The lowest BCUT2D eigenvalue weighted by atomic mass is 10.1. The van der Waals surface area contributed by atoms with Gasteiger partial charge < -0.3 is 10.6 Å². The Kier molecular flexibility index (Phi) is 6.23. The van der Waals surface area contributed by atoms with Crippen LogP contribution in [0, 0.1) is 0 Å². The number of halogens is 3. The monoisotopic (exact) mass is 343 g/mol. The second-order valence-electron chi connectivity index (χ2n) is 6.16. The fraction of sp³-hybridized carbons (Fsp3) is 0.588. The van der Waals surface area contributed by atoms with E-state index in [0.717, 1.165) is 30.7 Å². The van der Waals surface area contributed by atoms with Gasteiger partial charge in [-0.3, -0.25) is 9.69 Å². The Morgan fingerprint density at radius 1 is 1.17 bits per heavy atom. The van der Waals surface area contributed by atoms with Crippen molar-refractivity contribution in [3.8, 4) is 0 Å². The van der Waals surface area contributed by atoms with Gasteiger partial charge in [-0.05, 0) is 30.5 Å². The summed E-state index contributed by atoms with van der Waals surface area (Å²) in [4.78, 5) is 16.1. The smallest absolute Gasteiger partial charge is 0.340 e. The number of carbonyl (C=O) groups excluding carboxylic acids is 1. The van der Waals surface area contributed by atoms with E-state index >= 15 is 0 Å². The molecule has 2 N–H and O–H groups in total. The number of alkyl halides is 3. The minimum absolute atomic E-state index is 0.0196. The molecule has 1 aromatic carbocycles. The highest BCUT2D eigenvalue weighted by Gasteiger charge is 2.30. The first-order chi connectivity index (χ1) is 11.3. The molecule has 1 atom stereocenters. The maximum atomic E-state index is 12.6. The highest BCUT2D eigenvalue weighted by atomic mass is 19.4. The summed E-state index contributed by atoms with van der Waals surface area (Å²) in [7, 11) is 0. The molecule has 1 fully saturated rings. The van der Waals surface area contributed by atoms with Gasteiger partial charge in [0.25, 0.3) is 0 Å². The van der Waals surface area contributed by atoms with Crippen LogP contribution in [0.1, 0.15) is 30.9 Å². The van der Waals surface area contributed by atoms with Gasteiger partial charge in [-0.25, -0.2) is 0 Å². The van der Waals surface area contributed by atoms with Crippen molar-refractivity contribution in [3.05, 3.63) is 35.4 Å². The standard InChI is InChI=1S/C17H24F3N3O/c1-2-15(21)16(24)23-9-3-8-22(10-11-23)12-13-4-6-14(7-5-13)17(18,19)20/h4-7,15H,2-3,8-12,21H2,1H3/t15-/m1/s1. The third kappa shape index (κ3) is 4.95. The quantitative estimate of drug-likeness (QED) is 0.914. The summed E-state index contributed by atoms with van der Waals surface area (Å²) in [6, 6.07) is 4.81. The van der Waals surface area contributed by atoms with Crippen molar-refractivity contribution in [2.45, 2.75) is 38.5 Å². The van der Waals surface area contributed by atoms with Crippen LogP contribution in [-0.2, 0) is 17.5 Å². The number of carbonyl (C=O) groups is 1. The van der Waals surface area contributed by atoms with Crippen LogP contribution in [-0.4, -0.2) is 47.9 Å². The molecule has 134 valence electrons. The summed E-state index contributed by atoms with van der Waals surface area (Å²) < 4.78 is 37.8. The van der Waals surface area contributed by atoms with Crippen LogP contribution < -0.4 is 5.73 Å². The Hall–Kier alpha value is -1.60. The third-order valence-electron chi connectivity index (χ3n) is 4.34. The number of hydrogen-bond donors (Lipinski definition) is 1. The average molecular weight is 343 g/mol. The highest BCUT2D eigenvalue weighted by molar-refractivity contribution is 5.81. The van der Waals surface area contributed by atoms with Crippen molar-refractivity contribution in [2.75, 3.05) is 26.2 Å². The zero-order chi connectivity index (χ0) is 17.7. The number of rotatable bonds is 4. The molecule has 0 bridgehead atoms. The topological polar surface area (TPSA) is 49.6 Å². The molecule has 7 heteroatoms. The van der Waals surface area contributed by atoms with Crippen molar-refractivity contribution in [3.63, 3.8) is 0 Å². The summed E-state index contributed by atoms with van der Waals surface area (Å²) in [5.74, 6) is -0.0196. The normalized spacial score (nSPS) is 18.3. The minimum atomic E-state index is -4.31. The van der Waals surface area contributed by atoms with E-state index in [1.165, 1.54) is 12.1 Å². The molecule has 0 aromatic heterocycles. The minimum Gasteiger partial charge on any atom is -0.340 e. The van der Waals surface area contributed by atoms with Gasteiger partial charge in [-0.2, -0.15) is 13.2 Å². The molecule has 1 saturated heterocycles. The molecule has 1 aliphatic heterocycles. The zero-order valence-electron chi connectivity index (χ0n) is 13.9. The number of nitrogens with zero attached hydrogens (tertiary/aromatic N) is 2. The molecule has 24 heavy (non-hydrogen) atoms. The molecular weight excluding hydrogens is 319 g/mol. The van der Waals surface area contributed by atoms with Gasteiger partial charge in [0.05, 0.1) is 11.6 Å². The molecule has 1 amide bonds. The first-order valence-electron chi connectivity index (χ1n) is 8.24. The van der Waals surface area contributed by atoms with E-state index in [2.05, 4.69) is 4.90 Å². The van der Waals surface area contributed by atoms with Crippen LogP contribution in [0.25, 0.3) is 0 Å². The first-order valence-corrected chi connectivity index (χ1v) is 8.24. The number of amides is 1. The lowest BCUT2D eigenvalue weighted by Gasteiger charge is -2.24. The van der Waals surface area contributed by atoms with E-state index in [1.807, 2.05) is 6.92 Å². The Morgan fingerprint density at radius 3 is 2.42 bits per heavy atom. The molecule has 0 aliphatic carbocycles. The molecular formula is C17H24F3N3O. The summed E-state index contributed by atoms with van der Waals surface area (Å²) in [6.07, 6.45) is -2.85. The van der Waals surface area contributed by atoms with Crippen molar-refractivity contribution in [1.29, 1.82) is 0 Å². The zero-order valence-corrected chi connectivity index (χ0v) is 13.9. The van der Waals surface area contributed by atoms with Crippen LogP contribution in [0.15, 0.2) is 24.3 Å². The van der Waals surface area contributed by atoms with Gasteiger partial charge >= 0.3 is 6.18 Å². The first kappa shape index (κ1) is 18.7. The van der Waals surface area contributed by atoms with Gasteiger partial charge in [0, 0.05) is 32.7 Å². The van der Waals surface area contributed by atoms with Crippen LogP contribution in [0.5, 0.6) is 0 Å². The Bertz CT molecular complexity index is 545. The van der Waals surface area contributed by atoms with Crippen LogP contribution in [0.2, 0.25) is 0 Å². The summed E-state index contributed by atoms with van der Waals surface area (Å²) in [5.41, 5.74) is 6.02. The molecule has 1 aliphatic rings. The van der Waals surface area contributed by atoms with Crippen molar-refractivity contribution >= 4 is 5.91 Å². The Morgan fingerprint density at radius 2 is 1.83 bits per heavy atom. The van der Waals surface area contributed by atoms with E-state index in [4.69, 9.17) is 5.73 Å². The van der Waals surface area contributed by atoms with Gasteiger partial charge in [-0.1, -0.05) is 19.1 Å². The maximum Gasteiger partial charge on any atom is 0.416 e. The van der Waals surface area contributed by atoms with Crippen LogP contribution in [0.3, 0.4) is 0 Å². The largest absolute Gasteiger partial charge is 0.416 e.